The molecule has 21 heavy (non-hydrogen) atoms. The van der Waals surface area contributed by atoms with Crippen molar-refractivity contribution in [3.05, 3.63) is 33.4 Å². The molecule has 4 nitrogen and oxygen atoms in total. The number of halogens is 3. The summed E-state index contributed by atoms with van der Waals surface area (Å²) in [6.07, 6.45) is 1.75. The van der Waals surface area contributed by atoms with Gasteiger partial charge in [0.05, 0.1) is 30.3 Å². The van der Waals surface area contributed by atoms with Crippen LogP contribution in [0.1, 0.15) is 30.1 Å². The van der Waals surface area contributed by atoms with Crippen LogP contribution in [0.2, 0.25) is 10.0 Å². The molecule has 0 aliphatic carbocycles. The summed E-state index contributed by atoms with van der Waals surface area (Å²) in [5.41, 5.74) is 2.74. The molecule has 0 spiro atoms. The van der Waals surface area contributed by atoms with Gasteiger partial charge in [0.1, 0.15) is 10.8 Å². The van der Waals surface area contributed by atoms with Crippen molar-refractivity contribution < 1.29 is 9.84 Å². The predicted octanol–water partition coefficient (Wildman–Crippen LogP) is 3.67. The summed E-state index contributed by atoms with van der Waals surface area (Å²) in [5.74, 6) is 0.527. The Kier molecular flexibility index (Phi) is 4.85. The van der Waals surface area contributed by atoms with Gasteiger partial charge in [-0.3, -0.25) is 4.98 Å². The summed E-state index contributed by atoms with van der Waals surface area (Å²) in [4.78, 5) is 4.40. The fourth-order valence-electron chi connectivity index (χ4n) is 2.82. The first-order valence-electron chi connectivity index (χ1n) is 6.29. The van der Waals surface area contributed by atoms with Crippen LogP contribution in [-0.2, 0) is 0 Å². The molecule has 1 aliphatic heterocycles. The van der Waals surface area contributed by atoms with Crippen LogP contribution in [0, 0.1) is 0 Å². The molecular formula is C14H15Cl3N2O2. The van der Waals surface area contributed by atoms with Crippen LogP contribution >= 0.6 is 35.6 Å². The third-order valence-corrected chi connectivity index (χ3v) is 4.58. The van der Waals surface area contributed by atoms with Crippen molar-refractivity contribution >= 4 is 46.5 Å². The molecule has 0 bridgehead atoms. The Morgan fingerprint density at radius 1 is 1.38 bits per heavy atom. The zero-order valence-electron chi connectivity index (χ0n) is 11.5. The average molecular weight is 350 g/mol. The Bertz CT molecular complexity index is 694. The lowest BCUT2D eigenvalue weighted by atomic mass is 9.99. The number of ether oxygens (including phenoxy) is 1. The summed E-state index contributed by atoms with van der Waals surface area (Å²) in [6.45, 7) is 2.08. The molecule has 2 atom stereocenters. The number of rotatable bonds is 2. The minimum atomic E-state index is -0.0997. The number of methoxy groups -OCH3 is 1. The molecule has 2 aromatic rings. The van der Waals surface area contributed by atoms with E-state index in [0.29, 0.717) is 21.3 Å². The molecule has 1 unspecified atom stereocenters. The summed E-state index contributed by atoms with van der Waals surface area (Å²) >= 11 is 12.4. The maximum Gasteiger partial charge on any atom is 0.139 e. The van der Waals surface area contributed by atoms with E-state index in [9.17, 15) is 5.11 Å². The summed E-state index contributed by atoms with van der Waals surface area (Å²) in [6, 6.07) is 1.86. The molecule has 1 aromatic heterocycles. The number of hydrogen-bond donors (Lipinski definition) is 2. The van der Waals surface area contributed by atoms with Crippen LogP contribution in [0.25, 0.3) is 10.9 Å². The van der Waals surface area contributed by atoms with E-state index >= 15 is 0 Å². The van der Waals surface area contributed by atoms with E-state index in [4.69, 9.17) is 27.9 Å². The molecule has 0 fully saturated rings. The molecule has 3 rings (SSSR count). The van der Waals surface area contributed by atoms with Crippen LogP contribution in [0.5, 0.6) is 5.75 Å². The van der Waals surface area contributed by atoms with Gasteiger partial charge in [0.25, 0.3) is 0 Å². The van der Waals surface area contributed by atoms with Gasteiger partial charge >= 0.3 is 0 Å². The average Bonchev–Trinajstić information content (AvgIpc) is 2.79. The van der Waals surface area contributed by atoms with E-state index < -0.39 is 0 Å². The summed E-state index contributed by atoms with van der Waals surface area (Å²) in [5, 5.41) is 14.4. The highest BCUT2D eigenvalue weighted by atomic mass is 35.5. The Balaban J connectivity index is 0.00000161. The van der Waals surface area contributed by atoms with E-state index in [1.54, 1.807) is 13.3 Å². The van der Waals surface area contributed by atoms with Crippen molar-refractivity contribution in [2.45, 2.75) is 19.0 Å². The van der Waals surface area contributed by atoms with Crippen molar-refractivity contribution in [1.82, 2.24) is 10.3 Å². The van der Waals surface area contributed by atoms with Crippen molar-refractivity contribution in [2.75, 3.05) is 13.7 Å². The molecule has 1 aromatic carbocycles. The first-order chi connectivity index (χ1) is 9.58. The SMILES string of the molecule is COc1cc2c3c(cnc2c(Cl)c1Cl)C(CO)N[C@H]3C.Cl. The highest BCUT2D eigenvalue weighted by Gasteiger charge is 2.30. The quantitative estimate of drug-likeness (QED) is 0.868. The van der Waals surface area contributed by atoms with Gasteiger partial charge in [-0.25, -0.2) is 0 Å². The summed E-state index contributed by atoms with van der Waals surface area (Å²) in [7, 11) is 1.55. The van der Waals surface area contributed by atoms with Gasteiger partial charge in [-0.2, -0.15) is 0 Å². The van der Waals surface area contributed by atoms with Crippen LogP contribution in [0.4, 0.5) is 0 Å². The summed E-state index contributed by atoms with van der Waals surface area (Å²) < 4.78 is 5.27. The molecule has 0 saturated carbocycles. The lowest BCUT2D eigenvalue weighted by Crippen LogP contribution is -2.18. The highest BCUT2D eigenvalue weighted by molar-refractivity contribution is 6.46. The number of benzene rings is 1. The van der Waals surface area contributed by atoms with Crippen molar-refractivity contribution in [2.24, 2.45) is 0 Å². The molecular weight excluding hydrogens is 335 g/mol. The van der Waals surface area contributed by atoms with E-state index in [0.717, 1.165) is 16.5 Å². The van der Waals surface area contributed by atoms with E-state index in [1.165, 1.54) is 0 Å². The van der Waals surface area contributed by atoms with Crippen LogP contribution in [0.3, 0.4) is 0 Å². The third-order valence-electron chi connectivity index (χ3n) is 3.74. The van der Waals surface area contributed by atoms with E-state index in [1.807, 2.05) is 13.0 Å². The van der Waals surface area contributed by atoms with Gasteiger partial charge in [-0.15, -0.1) is 12.4 Å². The van der Waals surface area contributed by atoms with E-state index in [-0.39, 0.29) is 31.1 Å². The number of nitrogens with one attached hydrogen (secondary N) is 1. The normalized spacial score (nSPS) is 20.2. The number of hydrogen-bond acceptors (Lipinski definition) is 4. The fraction of sp³-hybridized carbons (Fsp3) is 0.357. The van der Waals surface area contributed by atoms with Gasteiger partial charge in [-0.05, 0) is 24.1 Å². The Morgan fingerprint density at radius 3 is 2.71 bits per heavy atom. The molecule has 7 heteroatoms. The monoisotopic (exact) mass is 348 g/mol. The number of pyridine rings is 1. The standard InChI is InChI=1S/C14H14Cl2N2O2.ClH/c1-6-11-7-3-10(20-2)12(15)13(16)14(7)17-4-8(11)9(5-19)18-6;/h3-4,6,9,18-19H,5H2,1-2H3;1H/t6-,9?;/m0./s1. The largest absolute Gasteiger partial charge is 0.495 e. The van der Waals surface area contributed by atoms with Gasteiger partial charge in [0, 0.05) is 17.6 Å². The van der Waals surface area contributed by atoms with Gasteiger partial charge < -0.3 is 15.2 Å². The lowest BCUT2D eigenvalue weighted by molar-refractivity contribution is 0.246. The number of fused-ring (bicyclic) bond motifs is 3. The lowest BCUT2D eigenvalue weighted by Gasteiger charge is -2.13. The Hall–Kier alpha value is -0.780. The highest BCUT2D eigenvalue weighted by Crippen LogP contribution is 2.43. The second kappa shape index (κ2) is 6.15. The maximum absolute atomic E-state index is 9.44. The Labute approximate surface area is 138 Å². The van der Waals surface area contributed by atoms with Crippen molar-refractivity contribution in [1.29, 1.82) is 0 Å². The smallest absolute Gasteiger partial charge is 0.139 e. The molecule has 1 aliphatic rings. The minimum absolute atomic E-state index is 0. The van der Waals surface area contributed by atoms with Crippen LogP contribution in [-0.4, -0.2) is 23.8 Å². The fourth-order valence-corrected chi connectivity index (χ4v) is 3.28. The second-order valence-corrected chi connectivity index (χ2v) is 5.61. The molecule has 0 radical (unpaired) electrons. The molecule has 0 saturated heterocycles. The molecule has 114 valence electrons. The Morgan fingerprint density at radius 2 is 2.10 bits per heavy atom. The van der Waals surface area contributed by atoms with E-state index in [2.05, 4.69) is 10.3 Å². The number of nitrogens with zero attached hydrogens (tertiary/aromatic N) is 1. The zero-order valence-corrected chi connectivity index (χ0v) is 13.8. The third kappa shape index (κ3) is 2.45. The van der Waals surface area contributed by atoms with Gasteiger partial charge in [0.2, 0.25) is 0 Å². The molecule has 2 N–H and O–H groups in total. The number of aliphatic hydroxyl groups excluding tert-OH is 1. The zero-order chi connectivity index (χ0) is 14.4. The molecule has 0 amide bonds. The minimum Gasteiger partial charge on any atom is -0.495 e. The first kappa shape index (κ1) is 16.6. The molecule has 2 heterocycles. The topological polar surface area (TPSA) is 54.4 Å². The maximum atomic E-state index is 9.44. The van der Waals surface area contributed by atoms with Crippen molar-refractivity contribution in [3.63, 3.8) is 0 Å². The van der Waals surface area contributed by atoms with Gasteiger partial charge in [-0.1, -0.05) is 23.2 Å². The number of aromatic nitrogens is 1. The van der Waals surface area contributed by atoms with Crippen LogP contribution in [0.15, 0.2) is 12.3 Å². The van der Waals surface area contributed by atoms with Crippen molar-refractivity contribution in [3.8, 4) is 5.75 Å². The second-order valence-electron chi connectivity index (χ2n) is 4.85. The van der Waals surface area contributed by atoms with Crippen LogP contribution < -0.4 is 10.1 Å². The number of aliphatic hydroxyl groups is 1. The first-order valence-corrected chi connectivity index (χ1v) is 7.05. The van der Waals surface area contributed by atoms with Gasteiger partial charge in [0.15, 0.2) is 0 Å². The predicted molar refractivity (Wildman–Crippen MR) is 86.9 cm³/mol.